The molecule has 0 spiro atoms. The summed E-state index contributed by atoms with van der Waals surface area (Å²) < 4.78 is 6.75. The lowest BCUT2D eigenvalue weighted by molar-refractivity contribution is -0.383. The summed E-state index contributed by atoms with van der Waals surface area (Å²) in [5.74, 6) is -0.932. The molecule has 0 saturated carbocycles. The predicted octanol–water partition coefficient (Wildman–Crippen LogP) is 2.58. The number of nitrogens with zero attached hydrogens (tertiary/aromatic N) is 2. The minimum atomic E-state index is -1.07. The van der Waals surface area contributed by atoms with Crippen molar-refractivity contribution in [2.75, 3.05) is 7.11 Å². The minimum Gasteiger partial charge on any atom is -0.490 e. The van der Waals surface area contributed by atoms with E-state index in [-0.39, 0.29) is 17.0 Å². The van der Waals surface area contributed by atoms with Gasteiger partial charge in [-0.1, -0.05) is 0 Å². The van der Waals surface area contributed by atoms with E-state index < -0.39 is 10.9 Å². The molecular weight excluding hydrogens is 276 g/mol. The second-order valence-corrected chi connectivity index (χ2v) is 4.60. The Balaban J connectivity index is 2.87. The number of ether oxygens (including phenoxy) is 1. The van der Waals surface area contributed by atoms with Crippen molar-refractivity contribution >= 4 is 28.6 Å². The third-order valence-corrected chi connectivity index (χ3v) is 3.23. The van der Waals surface area contributed by atoms with E-state index in [2.05, 4.69) is 0 Å². The Bertz CT molecular complexity index is 773. The van der Waals surface area contributed by atoms with Gasteiger partial charge in [-0.2, -0.15) is 0 Å². The number of nitro groups is 1. The Morgan fingerprint density at radius 2 is 2.14 bits per heavy atom. The van der Waals surface area contributed by atoms with E-state index in [1.54, 1.807) is 23.9 Å². The first-order valence-electron chi connectivity index (χ1n) is 6.08. The lowest BCUT2D eigenvalue weighted by Crippen LogP contribution is -1.97. The van der Waals surface area contributed by atoms with Crippen molar-refractivity contribution in [2.24, 2.45) is 7.05 Å². The van der Waals surface area contributed by atoms with Crippen molar-refractivity contribution in [1.82, 2.24) is 4.57 Å². The van der Waals surface area contributed by atoms with Gasteiger partial charge in [-0.05, 0) is 25.1 Å². The maximum atomic E-state index is 11.4. The quantitative estimate of drug-likeness (QED) is 0.530. The van der Waals surface area contributed by atoms with Gasteiger partial charge < -0.3 is 14.4 Å². The van der Waals surface area contributed by atoms with Crippen LogP contribution in [0, 0.1) is 10.1 Å². The summed E-state index contributed by atoms with van der Waals surface area (Å²) in [6, 6.07) is 3.23. The second-order valence-electron chi connectivity index (χ2n) is 4.60. The third-order valence-electron chi connectivity index (χ3n) is 3.23. The standard InChI is InChI=1S/C14H14N2O5/c1-8(14(17)18)6-9-7-15(2)10-4-5-11(21-3)13(12(9)10)16(19)20/h4-7H,1-3H3,(H,17,18)/b8-6+. The van der Waals surface area contributed by atoms with Gasteiger partial charge in [-0.3, -0.25) is 10.1 Å². The van der Waals surface area contributed by atoms with Crippen LogP contribution in [0.3, 0.4) is 0 Å². The van der Waals surface area contributed by atoms with Crippen LogP contribution in [0.4, 0.5) is 5.69 Å². The normalized spacial score (nSPS) is 11.7. The Kier molecular flexibility index (Phi) is 3.66. The highest BCUT2D eigenvalue weighted by Gasteiger charge is 2.23. The molecule has 0 aliphatic heterocycles. The number of hydrogen-bond acceptors (Lipinski definition) is 4. The SMILES string of the molecule is COc1ccc2c(c(/C=C(\C)C(=O)O)cn2C)c1[N+](=O)[O-]. The first-order valence-corrected chi connectivity index (χ1v) is 6.08. The molecule has 1 aromatic carbocycles. The van der Waals surface area contributed by atoms with Crippen molar-refractivity contribution in [3.63, 3.8) is 0 Å². The average molecular weight is 290 g/mol. The van der Waals surface area contributed by atoms with Crippen LogP contribution in [-0.4, -0.2) is 27.7 Å². The molecule has 2 aromatic rings. The van der Waals surface area contributed by atoms with E-state index >= 15 is 0 Å². The highest BCUT2D eigenvalue weighted by molar-refractivity contribution is 6.02. The molecule has 7 nitrogen and oxygen atoms in total. The summed E-state index contributed by atoms with van der Waals surface area (Å²) in [4.78, 5) is 21.8. The van der Waals surface area contributed by atoms with Gasteiger partial charge in [0.25, 0.3) is 0 Å². The molecule has 0 bridgehead atoms. The summed E-state index contributed by atoms with van der Waals surface area (Å²) in [6.45, 7) is 1.44. The van der Waals surface area contributed by atoms with Crippen LogP contribution >= 0.6 is 0 Å². The van der Waals surface area contributed by atoms with Crippen LogP contribution in [0.25, 0.3) is 17.0 Å². The smallest absolute Gasteiger partial charge is 0.331 e. The molecule has 0 aliphatic rings. The van der Waals surface area contributed by atoms with Crippen molar-refractivity contribution in [2.45, 2.75) is 6.92 Å². The lowest BCUT2D eigenvalue weighted by atomic mass is 10.1. The van der Waals surface area contributed by atoms with E-state index in [0.717, 1.165) is 0 Å². The molecule has 0 radical (unpaired) electrons. The van der Waals surface area contributed by atoms with Gasteiger partial charge in [-0.15, -0.1) is 0 Å². The van der Waals surface area contributed by atoms with Gasteiger partial charge in [0.05, 0.1) is 22.9 Å². The number of benzene rings is 1. The van der Waals surface area contributed by atoms with E-state index in [4.69, 9.17) is 9.84 Å². The van der Waals surface area contributed by atoms with Gasteiger partial charge in [-0.25, -0.2) is 4.79 Å². The van der Waals surface area contributed by atoms with Crippen molar-refractivity contribution in [3.05, 3.63) is 39.6 Å². The predicted molar refractivity (Wildman–Crippen MR) is 77.4 cm³/mol. The monoisotopic (exact) mass is 290 g/mol. The van der Waals surface area contributed by atoms with Gasteiger partial charge in [0.15, 0.2) is 5.75 Å². The van der Waals surface area contributed by atoms with Crippen molar-refractivity contribution in [1.29, 1.82) is 0 Å². The maximum Gasteiger partial charge on any atom is 0.331 e. The van der Waals surface area contributed by atoms with Gasteiger partial charge in [0.2, 0.25) is 0 Å². The van der Waals surface area contributed by atoms with Crippen LogP contribution in [0.2, 0.25) is 0 Å². The Morgan fingerprint density at radius 1 is 1.48 bits per heavy atom. The van der Waals surface area contributed by atoms with E-state index in [1.807, 2.05) is 0 Å². The van der Waals surface area contributed by atoms with Crippen LogP contribution in [-0.2, 0) is 11.8 Å². The largest absolute Gasteiger partial charge is 0.490 e. The molecule has 0 amide bonds. The molecule has 2 rings (SSSR count). The molecule has 0 atom stereocenters. The molecule has 1 aromatic heterocycles. The number of hydrogen-bond donors (Lipinski definition) is 1. The molecule has 1 N–H and O–H groups in total. The summed E-state index contributed by atoms with van der Waals surface area (Å²) in [6.07, 6.45) is 3.07. The fourth-order valence-electron chi connectivity index (χ4n) is 2.23. The zero-order valence-electron chi connectivity index (χ0n) is 11.8. The highest BCUT2D eigenvalue weighted by Crippen LogP contribution is 2.38. The number of aliphatic carboxylic acids is 1. The van der Waals surface area contributed by atoms with Crippen LogP contribution in [0.15, 0.2) is 23.9 Å². The van der Waals surface area contributed by atoms with E-state index in [9.17, 15) is 14.9 Å². The fraction of sp³-hybridized carbons (Fsp3) is 0.214. The second kappa shape index (κ2) is 5.28. The topological polar surface area (TPSA) is 94.6 Å². The number of aryl methyl sites for hydroxylation is 1. The Hall–Kier alpha value is -2.83. The lowest BCUT2D eigenvalue weighted by Gasteiger charge is -2.04. The summed E-state index contributed by atoms with van der Waals surface area (Å²) in [5, 5.41) is 20.7. The summed E-state index contributed by atoms with van der Waals surface area (Å²) >= 11 is 0. The summed E-state index contributed by atoms with van der Waals surface area (Å²) in [5.41, 5.74) is 1.03. The molecule has 21 heavy (non-hydrogen) atoms. The first kappa shape index (κ1) is 14.6. The molecule has 0 saturated heterocycles. The summed E-state index contributed by atoms with van der Waals surface area (Å²) in [7, 11) is 3.10. The molecule has 7 heteroatoms. The number of carboxylic acid groups (broad SMARTS) is 1. The molecular formula is C14H14N2O5. The van der Waals surface area contributed by atoms with Crippen LogP contribution < -0.4 is 4.74 Å². The fourth-order valence-corrected chi connectivity index (χ4v) is 2.23. The van der Waals surface area contributed by atoms with Gasteiger partial charge >= 0.3 is 11.7 Å². The molecule has 1 heterocycles. The number of nitro benzene ring substituents is 1. The van der Waals surface area contributed by atoms with E-state index in [1.165, 1.54) is 26.2 Å². The first-order chi connectivity index (χ1) is 9.86. The molecule has 0 fully saturated rings. The van der Waals surface area contributed by atoms with Crippen LogP contribution in [0.1, 0.15) is 12.5 Å². The third kappa shape index (κ3) is 2.45. The average Bonchev–Trinajstić information content (AvgIpc) is 2.74. The zero-order valence-corrected chi connectivity index (χ0v) is 11.8. The molecule has 110 valence electrons. The number of rotatable bonds is 4. The Labute approximate surface area is 120 Å². The van der Waals surface area contributed by atoms with Gasteiger partial charge in [0.1, 0.15) is 0 Å². The maximum absolute atomic E-state index is 11.4. The molecule has 0 unspecified atom stereocenters. The van der Waals surface area contributed by atoms with E-state index in [0.29, 0.717) is 16.5 Å². The number of carbonyl (C=O) groups is 1. The number of carboxylic acids is 1. The Morgan fingerprint density at radius 3 is 2.67 bits per heavy atom. The van der Waals surface area contributed by atoms with Crippen molar-refractivity contribution in [3.8, 4) is 5.75 Å². The number of fused-ring (bicyclic) bond motifs is 1. The minimum absolute atomic E-state index is 0.0969. The molecule has 0 aliphatic carbocycles. The highest BCUT2D eigenvalue weighted by atomic mass is 16.6. The van der Waals surface area contributed by atoms with Crippen LogP contribution in [0.5, 0.6) is 5.75 Å². The number of aromatic nitrogens is 1. The van der Waals surface area contributed by atoms with Gasteiger partial charge in [0, 0.05) is 24.4 Å². The zero-order chi connectivity index (χ0) is 15.7. The number of methoxy groups -OCH3 is 1. The van der Waals surface area contributed by atoms with Crippen molar-refractivity contribution < 1.29 is 19.6 Å².